The van der Waals surface area contributed by atoms with E-state index in [0.717, 1.165) is 0 Å². The van der Waals surface area contributed by atoms with E-state index in [1.54, 1.807) is 19.1 Å². The maximum atomic E-state index is 12.3. The molecule has 0 N–H and O–H groups in total. The van der Waals surface area contributed by atoms with Crippen LogP contribution in [0.5, 0.6) is 0 Å². The van der Waals surface area contributed by atoms with Crippen LogP contribution in [-0.4, -0.2) is 5.78 Å². The van der Waals surface area contributed by atoms with Gasteiger partial charge in [-0.05, 0) is 18.2 Å². The van der Waals surface area contributed by atoms with Crippen molar-refractivity contribution in [3.8, 4) is 0 Å². The predicted octanol–water partition coefficient (Wildman–Crippen LogP) is 3.40. The summed E-state index contributed by atoms with van der Waals surface area (Å²) in [7, 11) is 0. The number of carbonyl (C=O) groups is 1. The molecule has 0 saturated carbocycles. The minimum atomic E-state index is -0.635. The maximum absolute atomic E-state index is 12.3. The summed E-state index contributed by atoms with van der Waals surface area (Å²) < 4.78 is 12.3. The van der Waals surface area contributed by atoms with Crippen molar-refractivity contribution in [2.45, 2.75) is 20.0 Å². The normalized spacial score (nSPS) is 10.1. The highest BCUT2D eigenvalue weighted by atomic mass is 35.5. The molecule has 0 bridgehead atoms. The lowest BCUT2D eigenvalue weighted by Crippen LogP contribution is -1.97. The van der Waals surface area contributed by atoms with E-state index >= 15 is 0 Å². The van der Waals surface area contributed by atoms with E-state index in [2.05, 4.69) is 0 Å². The molecule has 0 amide bonds. The lowest BCUT2D eigenvalue weighted by Gasteiger charge is -2.02. The molecule has 0 unspecified atom stereocenters. The summed E-state index contributed by atoms with van der Waals surface area (Å²) in [5.74, 6) is 0.00590. The molecule has 0 radical (unpaired) electrons. The van der Waals surface area contributed by atoms with Gasteiger partial charge in [-0.2, -0.15) is 0 Å². The fourth-order valence-electron chi connectivity index (χ4n) is 1.05. The molecule has 70 valence electrons. The lowest BCUT2D eigenvalue weighted by molar-refractivity contribution is 0.0988. The average molecular weight is 201 g/mol. The third-order valence-corrected chi connectivity index (χ3v) is 2.20. The van der Waals surface area contributed by atoms with Gasteiger partial charge in [-0.15, -0.1) is 0 Å². The van der Waals surface area contributed by atoms with Gasteiger partial charge >= 0.3 is 0 Å². The molecule has 0 fully saturated rings. The SMILES string of the molecule is CCC(=O)c1ccc(Cl)c(CF)c1. The zero-order valence-electron chi connectivity index (χ0n) is 7.31. The number of hydrogen-bond donors (Lipinski definition) is 0. The summed E-state index contributed by atoms with van der Waals surface area (Å²) in [5, 5.41) is 0.371. The molecule has 0 aliphatic rings. The van der Waals surface area contributed by atoms with Crippen LogP contribution in [0.1, 0.15) is 29.3 Å². The van der Waals surface area contributed by atoms with Crippen molar-refractivity contribution >= 4 is 17.4 Å². The highest BCUT2D eigenvalue weighted by Gasteiger charge is 2.06. The largest absolute Gasteiger partial charge is 0.294 e. The first-order chi connectivity index (χ1) is 6.19. The van der Waals surface area contributed by atoms with Gasteiger partial charge in [-0.1, -0.05) is 18.5 Å². The molecular weight excluding hydrogens is 191 g/mol. The Balaban J connectivity index is 3.06. The van der Waals surface area contributed by atoms with Crippen LogP contribution in [0, 0.1) is 0 Å². The number of Topliss-reactive ketones (excluding diaryl/α,β-unsaturated/α-hetero) is 1. The molecule has 1 nitrogen and oxygen atoms in total. The molecule has 0 atom stereocenters. The summed E-state index contributed by atoms with van der Waals surface area (Å²) in [4.78, 5) is 11.2. The van der Waals surface area contributed by atoms with E-state index < -0.39 is 6.67 Å². The van der Waals surface area contributed by atoms with Crippen molar-refractivity contribution in [3.05, 3.63) is 34.3 Å². The second-order valence-electron chi connectivity index (χ2n) is 2.72. The van der Waals surface area contributed by atoms with E-state index in [-0.39, 0.29) is 5.78 Å². The van der Waals surface area contributed by atoms with Crippen molar-refractivity contribution in [1.82, 2.24) is 0 Å². The van der Waals surface area contributed by atoms with Crippen LogP contribution in [0.3, 0.4) is 0 Å². The van der Waals surface area contributed by atoms with E-state index in [1.165, 1.54) is 6.07 Å². The maximum Gasteiger partial charge on any atom is 0.162 e. The summed E-state index contributed by atoms with van der Waals surface area (Å²) in [6.07, 6.45) is 0.424. The van der Waals surface area contributed by atoms with E-state index in [1.807, 2.05) is 0 Å². The third kappa shape index (κ3) is 2.28. The average Bonchev–Trinajstić information content (AvgIpc) is 2.17. The van der Waals surface area contributed by atoms with E-state index in [0.29, 0.717) is 22.6 Å². The second-order valence-corrected chi connectivity index (χ2v) is 3.12. The molecule has 13 heavy (non-hydrogen) atoms. The van der Waals surface area contributed by atoms with E-state index in [9.17, 15) is 9.18 Å². The molecule has 1 aromatic rings. The van der Waals surface area contributed by atoms with E-state index in [4.69, 9.17) is 11.6 Å². The molecule has 0 spiro atoms. The van der Waals surface area contributed by atoms with Crippen LogP contribution in [0.25, 0.3) is 0 Å². The zero-order chi connectivity index (χ0) is 9.84. The van der Waals surface area contributed by atoms with Gasteiger partial charge in [0, 0.05) is 22.6 Å². The Morgan fingerprint density at radius 3 is 2.77 bits per heavy atom. The minimum Gasteiger partial charge on any atom is -0.294 e. The Hall–Kier alpha value is -0.890. The number of rotatable bonds is 3. The number of benzene rings is 1. The predicted molar refractivity (Wildman–Crippen MR) is 50.9 cm³/mol. The van der Waals surface area contributed by atoms with Crippen molar-refractivity contribution < 1.29 is 9.18 Å². The Labute approximate surface area is 81.5 Å². The topological polar surface area (TPSA) is 17.1 Å². The van der Waals surface area contributed by atoms with Gasteiger partial charge in [-0.25, -0.2) is 4.39 Å². The molecule has 0 aromatic heterocycles. The van der Waals surface area contributed by atoms with Gasteiger partial charge in [0.15, 0.2) is 5.78 Å². The molecule has 0 saturated heterocycles. The molecule has 3 heteroatoms. The lowest BCUT2D eigenvalue weighted by atomic mass is 10.1. The van der Waals surface area contributed by atoms with Gasteiger partial charge in [0.1, 0.15) is 6.67 Å². The summed E-state index contributed by atoms with van der Waals surface area (Å²) >= 11 is 5.69. The van der Waals surface area contributed by atoms with Crippen LogP contribution < -0.4 is 0 Å². The number of halogens is 2. The zero-order valence-corrected chi connectivity index (χ0v) is 8.07. The number of hydrogen-bond acceptors (Lipinski definition) is 1. The fraction of sp³-hybridized carbons (Fsp3) is 0.300. The number of ketones is 1. The quantitative estimate of drug-likeness (QED) is 0.684. The Kier molecular flexibility index (Phi) is 3.43. The van der Waals surface area contributed by atoms with Crippen molar-refractivity contribution in [3.63, 3.8) is 0 Å². The highest BCUT2D eigenvalue weighted by molar-refractivity contribution is 6.31. The molecular formula is C10H10ClFO. The van der Waals surface area contributed by atoms with Crippen LogP contribution in [-0.2, 0) is 6.67 Å². The van der Waals surface area contributed by atoms with Gasteiger partial charge < -0.3 is 0 Å². The Morgan fingerprint density at radius 2 is 2.23 bits per heavy atom. The van der Waals surface area contributed by atoms with Crippen molar-refractivity contribution in [2.75, 3.05) is 0 Å². The van der Waals surface area contributed by atoms with Crippen molar-refractivity contribution in [2.24, 2.45) is 0 Å². The third-order valence-electron chi connectivity index (χ3n) is 1.83. The number of alkyl halides is 1. The van der Waals surface area contributed by atoms with Gasteiger partial charge in [0.25, 0.3) is 0 Å². The monoisotopic (exact) mass is 200 g/mol. The molecule has 1 rings (SSSR count). The summed E-state index contributed by atoms with van der Waals surface area (Å²) in [6, 6.07) is 4.68. The van der Waals surface area contributed by atoms with Crippen LogP contribution >= 0.6 is 11.6 Å². The van der Waals surface area contributed by atoms with Crippen LogP contribution in [0.4, 0.5) is 4.39 Å². The van der Waals surface area contributed by atoms with Gasteiger partial charge in [-0.3, -0.25) is 4.79 Å². The summed E-state index contributed by atoms with van der Waals surface area (Å²) in [5.41, 5.74) is 0.903. The standard InChI is InChI=1S/C10H10ClFO/c1-2-10(13)7-3-4-9(11)8(5-7)6-12/h3-5H,2,6H2,1H3. The van der Waals surface area contributed by atoms with Crippen LogP contribution in [0.2, 0.25) is 5.02 Å². The molecule has 0 heterocycles. The number of carbonyl (C=O) groups excluding carboxylic acids is 1. The Bertz CT molecular complexity index is 323. The molecule has 0 aliphatic carbocycles. The van der Waals surface area contributed by atoms with Gasteiger partial charge in [0.05, 0.1) is 0 Å². The fourth-order valence-corrected chi connectivity index (χ4v) is 1.22. The first-order valence-corrected chi connectivity index (χ1v) is 4.44. The first kappa shape index (κ1) is 10.2. The van der Waals surface area contributed by atoms with Crippen LogP contribution in [0.15, 0.2) is 18.2 Å². The molecule has 0 aliphatic heterocycles. The minimum absolute atomic E-state index is 0.00590. The second kappa shape index (κ2) is 4.38. The molecule has 1 aromatic carbocycles. The smallest absolute Gasteiger partial charge is 0.162 e. The summed E-state index contributed by atoms with van der Waals surface area (Å²) in [6.45, 7) is 1.13. The first-order valence-electron chi connectivity index (χ1n) is 4.06. The highest BCUT2D eigenvalue weighted by Crippen LogP contribution is 2.19. The van der Waals surface area contributed by atoms with Crippen molar-refractivity contribution in [1.29, 1.82) is 0 Å². The Morgan fingerprint density at radius 1 is 1.54 bits per heavy atom. The van der Waals surface area contributed by atoms with Gasteiger partial charge in [0.2, 0.25) is 0 Å².